The molecule has 0 unspecified atom stereocenters. The fourth-order valence-corrected chi connectivity index (χ4v) is 8.87. The van der Waals surface area contributed by atoms with Crippen LogP contribution in [0, 0.1) is 0 Å². The van der Waals surface area contributed by atoms with Crippen molar-refractivity contribution in [3.05, 3.63) is 231 Å². The summed E-state index contributed by atoms with van der Waals surface area (Å²) in [4.78, 5) is 2.36. The molecule has 58 heavy (non-hydrogen) atoms. The quantitative estimate of drug-likeness (QED) is 0.158. The van der Waals surface area contributed by atoms with Crippen LogP contribution in [0.3, 0.4) is 0 Å². The van der Waals surface area contributed by atoms with Crippen LogP contribution in [-0.2, 0) is 0 Å². The summed E-state index contributed by atoms with van der Waals surface area (Å²) in [6, 6.07) is 83.6. The average Bonchev–Trinajstić information content (AvgIpc) is 3.65. The average molecular weight is 739 g/mol. The highest BCUT2D eigenvalue weighted by Gasteiger charge is 2.20. The van der Waals surface area contributed by atoms with Gasteiger partial charge in [-0.3, -0.25) is 0 Å². The Morgan fingerprint density at radius 1 is 0.310 bits per heavy atom. The zero-order valence-corrected chi connectivity index (χ0v) is 31.8. The van der Waals surface area contributed by atoms with Gasteiger partial charge in [-0.1, -0.05) is 170 Å². The first-order valence-electron chi connectivity index (χ1n) is 19.9. The van der Waals surface area contributed by atoms with Crippen LogP contribution in [0.5, 0.6) is 0 Å². The molecule has 0 aliphatic carbocycles. The molecule has 1 heterocycles. The molecule has 2 heteroatoms. The second-order valence-corrected chi connectivity index (χ2v) is 14.9. The molecule has 0 radical (unpaired) electrons. The molecule has 272 valence electrons. The summed E-state index contributed by atoms with van der Waals surface area (Å²) < 4.78 is 2.44. The van der Waals surface area contributed by atoms with Gasteiger partial charge in [-0.05, 0) is 110 Å². The lowest BCUT2D eigenvalue weighted by molar-refractivity contribution is 1.19. The maximum absolute atomic E-state index is 2.44. The largest absolute Gasteiger partial charge is 0.310 e. The lowest BCUT2D eigenvalue weighted by atomic mass is 9.94. The van der Waals surface area contributed by atoms with Crippen LogP contribution in [0.25, 0.3) is 82.4 Å². The maximum Gasteiger partial charge on any atom is 0.0625 e. The Bertz CT molecular complexity index is 3250. The van der Waals surface area contributed by atoms with Crippen LogP contribution in [-0.4, -0.2) is 4.57 Å². The highest BCUT2D eigenvalue weighted by atomic mass is 15.1. The molecular weight excluding hydrogens is 701 g/mol. The number of hydrogen-bond donors (Lipinski definition) is 0. The van der Waals surface area contributed by atoms with Gasteiger partial charge in [0, 0.05) is 38.9 Å². The number of rotatable bonds is 7. The smallest absolute Gasteiger partial charge is 0.0625 e. The highest BCUT2D eigenvalue weighted by molar-refractivity contribution is 6.24. The molecule has 0 fully saturated rings. The van der Waals surface area contributed by atoms with Gasteiger partial charge < -0.3 is 9.47 Å². The molecule has 0 N–H and O–H groups in total. The molecule has 0 amide bonds. The minimum Gasteiger partial charge on any atom is -0.310 e. The molecule has 1 aromatic heterocycles. The molecule has 0 atom stereocenters. The van der Waals surface area contributed by atoms with Gasteiger partial charge in [0.25, 0.3) is 0 Å². The Hall–Kier alpha value is -7.68. The Labute approximate surface area is 338 Å². The van der Waals surface area contributed by atoms with E-state index in [9.17, 15) is 0 Å². The monoisotopic (exact) mass is 738 g/mol. The first-order valence-corrected chi connectivity index (χ1v) is 19.9. The third-order valence-electron chi connectivity index (χ3n) is 11.5. The molecule has 2 nitrogen and oxygen atoms in total. The van der Waals surface area contributed by atoms with Gasteiger partial charge in [-0.25, -0.2) is 0 Å². The standard InChI is InChI=1S/C56H38N2/c1-3-19-45(20-4-1)57(47-35-33-40(34-36-47)39-29-31-42(32-30-39)50-27-14-17-41-15-7-9-24-49(41)50)48-23-13-18-43(37-48)53-38-44-16-8-10-25-51(44)56-55(53)52-26-11-12-28-54(52)58(56)46-21-5-2-6-22-46/h1-38H. The predicted molar refractivity (Wildman–Crippen MR) is 247 cm³/mol. The fourth-order valence-electron chi connectivity index (χ4n) is 8.87. The fraction of sp³-hybridized carbons (Fsp3) is 0. The van der Waals surface area contributed by atoms with Crippen molar-refractivity contribution in [1.82, 2.24) is 4.57 Å². The molecule has 0 saturated carbocycles. The summed E-state index contributed by atoms with van der Waals surface area (Å²) in [5.74, 6) is 0. The van der Waals surface area contributed by atoms with E-state index in [2.05, 4.69) is 240 Å². The van der Waals surface area contributed by atoms with Crippen molar-refractivity contribution in [2.24, 2.45) is 0 Å². The van der Waals surface area contributed by atoms with E-state index in [1.54, 1.807) is 0 Å². The summed E-state index contributed by atoms with van der Waals surface area (Å²) in [7, 11) is 0. The van der Waals surface area contributed by atoms with E-state index < -0.39 is 0 Å². The predicted octanol–water partition coefficient (Wildman–Crippen LogP) is 15.6. The van der Waals surface area contributed by atoms with Crippen molar-refractivity contribution in [2.75, 3.05) is 4.90 Å². The Kier molecular flexibility index (Phi) is 8.19. The zero-order chi connectivity index (χ0) is 38.4. The highest BCUT2D eigenvalue weighted by Crippen LogP contribution is 2.44. The van der Waals surface area contributed by atoms with Crippen LogP contribution in [0.1, 0.15) is 0 Å². The zero-order valence-electron chi connectivity index (χ0n) is 31.8. The van der Waals surface area contributed by atoms with Crippen molar-refractivity contribution < 1.29 is 0 Å². The number of nitrogens with zero attached hydrogens (tertiary/aromatic N) is 2. The van der Waals surface area contributed by atoms with E-state index in [1.165, 1.54) is 76.7 Å². The number of anilines is 3. The molecular formula is C56H38N2. The van der Waals surface area contributed by atoms with Gasteiger partial charge in [0.2, 0.25) is 0 Å². The van der Waals surface area contributed by atoms with E-state index in [-0.39, 0.29) is 0 Å². The van der Waals surface area contributed by atoms with Gasteiger partial charge in [0.15, 0.2) is 0 Å². The third kappa shape index (κ3) is 5.74. The van der Waals surface area contributed by atoms with Gasteiger partial charge in [0.1, 0.15) is 0 Å². The third-order valence-corrected chi connectivity index (χ3v) is 11.5. The van der Waals surface area contributed by atoms with Crippen molar-refractivity contribution in [1.29, 1.82) is 0 Å². The summed E-state index contributed by atoms with van der Waals surface area (Å²) in [6.07, 6.45) is 0. The second kappa shape index (κ2) is 14.1. The topological polar surface area (TPSA) is 8.17 Å². The molecule has 0 aliphatic rings. The summed E-state index contributed by atoms with van der Waals surface area (Å²) in [5.41, 5.74) is 14.1. The van der Waals surface area contributed by atoms with E-state index in [0.29, 0.717) is 0 Å². The number of fused-ring (bicyclic) bond motifs is 6. The van der Waals surface area contributed by atoms with Crippen LogP contribution >= 0.6 is 0 Å². The lowest BCUT2D eigenvalue weighted by Gasteiger charge is -2.26. The van der Waals surface area contributed by atoms with Crippen molar-refractivity contribution >= 4 is 60.4 Å². The molecule has 11 rings (SSSR count). The van der Waals surface area contributed by atoms with Gasteiger partial charge in [-0.15, -0.1) is 0 Å². The Balaban J connectivity index is 1.02. The van der Waals surface area contributed by atoms with Crippen LogP contribution in [0.15, 0.2) is 231 Å². The minimum atomic E-state index is 1.10. The molecule has 0 spiro atoms. The van der Waals surface area contributed by atoms with Crippen LogP contribution in [0.4, 0.5) is 17.1 Å². The SMILES string of the molecule is c1ccc(N(c2ccc(-c3ccc(-c4cccc5ccccc45)cc3)cc2)c2cccc(-c3cc4ccccc4c4c3c3ccccc3n4-c3ccccc3)c2)cc1. The van der Waals surface area contributed by atoms with E-state index in [4.69, 9.17) is 0 Å². The molecule has 0 aliphatic heterocycles. The first-order chi connectivity index (χ1) is 28.8. The number of para-hydroxylation sites is 3. The number of hydrogen-bond acceptors (Lipinski definition) is 1. The molecule has 0 bridgehead atoms. The normalized spacial score (nSPS) is 11.4. The minimum absolute atomic E-state index is 1.10. The summed E-state index contributed by atoms with van der Waals surface area (Å²) in [6.45, 7) is 0. The second-order valence-electron chi connectivity index (χ2n) is 14.9. The molecule has 11 aromatic rings. The molecule has 0 saturated heterocycles. The van der Waals surface area contributed by atoms with Crippen molar-refractivity contribution in [3.8, 4) is 39.1 Å². The summed E-state index contributed by atoms with van der Waals surface area (Å²) >= 11 is 0. The van der Waals surface area contributed by atoms with E-state index in [0.717, 1.165) is 22.7 Å². The maximum atomic E-state index is 2.44. The Morgan fingerprint density at radius 3 is 1.64 bits per heavy atom. The van der Waals surface area contributed by atoms with Gasteiger partial charge >= 0.3 is 0 Å². The summed E-state index contributed by atoms with van der Waals surface area (Å²) in [5, 5.41) is 7.50. The molecule has 10 aromatic carbocycles. The van der Waals surface area contributed by atoms with Crippen molar-refractivity contribution in [3.63, 3.8) is 0 Å². The number of benzene rings is 10. The van der Waals surface area contributed by atoms with Gasteiger partial charge in [-0.2, -0.15) is 0 Å². The lowest BCUT2D eigenvalue weighted by Crippen LogP contribution is -2.09. The van der Waals surface area contributed by atoms with E-state index in [1.807, 2.05) is 0 Å². The Morgan fingerprint density at radius 2 is 0.862 bits per heavy atom. The number of aromatic nitrogens is 1. The first kappa shape index (κ1) is 33.6. The van der Waals surface area contributed by atoms with Gasteiger partial charge in [0.05, 0.1) is 11.0 Å². The van der Waals surface area contributed by atoms with E-state index >= 15 is 0 Å². The van der Waals surface area contributed by atoms with Crippen LogP contribution in [0.2, 0.25) is 0 Å². The van der Waals surface area contributed by atoms with Crippen molar-refractivity contribution in [2.45, 2.75) is 0 Å². The van der Waals surface area contributed by atoms with Crippen LogP contribution < -0.4 is 4.90 Å².